The van der Waals surface area contributed by atoms with E-state index in [1.54, 1.807) is 61.1 Å². The zero-order valence-electron chi connectivity index (χ0n) is 10.6. The zero-order chi connectivity index (χ0) is 13.5. The van der Waals surface area contributed by atoms with Crippen molar-refractivity contribution in [2.75, 3.05) is 19.0 Å². The third-order valence-electron chi connectivity index (χ3n) is 2.48. The molecule has 0 spiro atoms. The van der Waals surface area contributed by atoms with E-state index in [4.69, 9.17) is 4.74 Å². The van der Waals surface area contributed by atoms with Crippen LogP contribution < -0.4 is 10.1 Å². The maximum atomic E-state index is 11.8. The van der Waals surface area contributed by atoms with Crippen molar-refractivity contribution in [2.45, 2.75) is 0 Å². The predicted molar refractivity (Wildman–Crippen MR) is 75.1 cm³/mol. The van der Waals surface area contributed by atoms with Crippen LogP contribution in [0.15, 0.2) is 53.8 Å². The maximum absolute atomic E-state index is 11.8. The van der Waals surface area contributed by atoms with Gasteiger partial charge in [0.25, 0.3) is 0 Å². The first-order valence-electron chi connectivity index (χ1n) is 5.84. The van der Waals surface area contributed by atoms with Crippen LogP contribution in [0.2, 0.25) is 0 Å². The molecule has 1 amide bonds. The Morgan fingerprint density at radius 2 is 2.11 bits per heavy atom. The van der Waals surface area contributed by atoms with E-state index in [-0.39, 0.29) is 12.5 Å². The van der Waals surface area contributed by atoms with Crippen LogP contribution >= 0.6 is 0 Å². The SMILES string of the molecule is COc1ccc(NC(=O)CN2C=CC=CN=C2)cc1. The van der Waals surface area contributed by atoms with Crippen LogP contribution in [0.1, 0.15) is 0 Å². The van der Waals surface area contributed by atoms with Gasteiger partial charge in [-0.2, -0.15) is 0 Å². The second-order valence-corrected chi connectivity index (χ2v) is 3.90. The number of nitrogens with zero attached hydrogens (tertiary/aromatic N) is 2. The monoisotopic (exact) mass is 257 g/mol. The van der Waals surface area contributed by atoms with Crippen molar-refractivity contribution in [2.24, 2.45) is 4.99 Å². The number of amides is 1. The smallest absolute Gasteiger partial charge is 0.244 e. The summed E-state index contributed by atoms with van der Waals surface area (Å²) in [6.45, 7) is 0.216. The second kappa shape index (κ2) is 6.39. The van der Waals surface area contributed by atoms with E-state index >= 15 is 0 Å². The molecule has 1 aliphatic rings. The van der Waals surface area contributed by atoms with Crippen LogP contribution in [-0.4, -0.2) is 30.8 Å². The maximum Gasteiger partial charge on any atom is 0.244 e. The van der Waals surface area contributed by atoms with Crippen molar-refractivity contribution in [1.82, 2.24) is 4.90 Å². The molecular weight excluding hydrogens is 242 g/mol. The molecule has 1 N–H and O–H groups in total. The van der Waals surface area contributed by atoms with E-state index in [1.165, 1.54) is 0 Å². The normalized spacial score (nSPS) is 13.2. The third kappa shape index (κ3) is 3.99. The van der Waals surface area contributed by atoms with E-state index in [0.29, 0.717) is 0 Å². The van der Waals surface area contributed by atoms with Crippen molar-refractivity contribution in [1.29, 1.82) is 0 Å². The molecule has 1 aromatic carbocycles. The average Bonchev–Trinajstić information content (AvgIpc) is 2.68. The van der Waals surface area contributed by atoms with Gasteiger partial charge in [0.05, 0.1) is 13.4 Å². The Morgan fingerprint density at radius 1 is 1.32 bits per heavy atom. The quantitative estimate of drug-likeness (QED) is 0.897. The van der Waals surface area contributed by atoms with E-state index < -0.39 is 0 Å². The van der Waals surface area contributed by atoms with Crippen LogP contribution in [0.5, 0.6) is 5.75 Å². The molecule has 0 bridgehead atoms. The molecule has 0 aliphatic carbocycles. The molecule has 98 valence electrons. The van der Waals surface area contributed by atoms with Gasteiger partial charge in [-0.15, -0.1) is 0 Å². The van der Waals surface area contributed by atoms with E-state index in [0.717, 1.165) is 11.4 Å². The topological polar surface area (TPSA) is 53.9 Å². The molecule has 0 aromatic heterocycles. The van der Waals surface area contributed by atoms with Crippen molar-refractivity contribution in [3.8, 4) is 5.75 Å². The van der Waals surface area contributed by atoms with Gasteiger partial charge in [0.15, 0.2) is 0 Å². The number of methoxy groups -OCH3 is 1. The fourth-order valence-electron chi connectivity index (χ4n) is 1.56. The highest BCUT2D eigenvalue weighted by atomic mass is 16.5. The average molecular weight is 257 g/mol. The fourth-order valence-corrected chi connectivity index (χ4v) is 1.56. The van der Waals surface area contributed by atoms with Gasteiger partial charge in [-0.05, 0) is 36.4 Å². The molecular formula is C14H15N3O2. The van der Waals surface area contributed by atoms with Gasteiger partial charge in [0, 0.05) is 18.1 Å². The Morgan fingerprint density at radius 3 is 2.84 bits per heavy atom. The molecule has 0 atom stereocenters. The van der Waals surface area contributed by atoms with Gasteiger partial charge in [-0.1, -0.05) is 0 Å². The Balaban J connectivity index is 1.90. The highest BCUT2D eigenvalue weighted by Crippen LogP contribution is 2.14. The summed E-state index contributed by atoms with van der Waals surface area (Å²) in [4.78, 5) is 17.6. The summed E-state index contributed by atoms with van der Waals surface area (Å²) < 4.78 is 5.06. The Bertz CT molecular complexity index is 502. The first-order valence-corrected chi connectivity index (χ1v) is 5.84. The minimum atomic E-state index is -0.108. The largest absolute Gasteiger partial charge is 0.497 e. The van der Waals surface area contributed by atoms with Crippen molar-refractivity contribution in [3.63, 3.8) is 0 Å². The molecule has 1 aromatic rings. The molecule has 0 fully saturated rings. The molecule has 0 saturated carbocycles. The molecule has 0 radical (unpaired) electrons. The molecule has 0 unspecified atom stereocenters. The van der Waals surface area contributed by atoms with E-state index in [1.807, 2.05) is 6.08 Å². The highest BCUT2D eigenvalue weighted by molar-refractivity contribution is 5.93. The number of benzene rings is 1. The molecule has 19 heavy (non-hydrogen) atoms. The summed E-state index contributed by atoms with van der Waals surface area (Å²) >= 11 is 0. The number of hydrogen-bond donors (Lipinski definition) is 1. The van der Waals surface area contributed by atoms with Gasteiger partial charge in [0.2, 0.25) is 5.91 Å². The highest BCUT2D eigenvalue weighted by Gasteiger charge is 2.06. The van der Waals surface area contributed by atoms with Crippen molar-refractivity contribution >= 4 is 17.9 Å². The Kier molecular flexibility index (Phi) is 4.34. The number of anilines is 1. The molecule has 2 rings (SSSR count). The molecule has 1 heterocycles. The first-order chi connectivity index (χ1) is 9.28. The lowest BCUT2D eigenvalue weighted by atomic mass is 10.3. The first kappa shape index (κ1) is 12.9. The molecule has 0 saturated heterocycles. The zero-order valence-corrected chi connectivity index (χ0v) is 10.6. The summed E-state index contributed by atoms with van der Waals surface area (Å²) in [5, 5.41) is 2.81. The van der Waals surface area contributed by atoms with E-state index in [2.05, 4.69) is 10.3 Å². The minimum absolute atomic E-state index is 0.108. The van der Waals surface area contributed by atoms with Crippen LogP contribution in [0.3, 0.4) is 0 Å². The minimum Gasteiger partial charge on any atom is -0.497 e. The summed E-state index contributed by atoms with van der Waals surface area (Å²) in [5.41, 5.74) is 0.736. The predicted octanol–water partition coefficient (Wildman–Crippen LogP) is 2.00. The summed E-state index contributed by atoms with van der Waals surface area (Å²) in [5.74, 6) is 0.648. The summed E-state index contributed by atoms with van der Waals surface area (Å²) in [7, 11) is 1.60. The lowest BCUT2D eigenvalue weighted by Gasteiger charge is -2.13. The van der Waals surface area contributed by atoms with Gasteiger partial charge in [-0.25, -0.2) is 4.99 Å². The van der Waals surface area contributed by atoms with Crippen LogP contribution in [0.4, 0.5) is 5.69 Å². The number of hydrogen-bond acceptors (Lipinski definition) is 4. The third-order valence-corrected chi connectivity index (χ3v) is 2.48. The standard InChI is InChI=1S/C14H15N3O2/c1-19-13-6-4-12(5-7-13)16-14(18)10-17-9-3-2-8-15-11-17/h2-9,11H,10H2,1H3,(H,16,18). The molecule has 5 nitrogen and oxygen atoms in total. The summed E-state index contributed by atoms with van der Waals surface area (Å²) in [6, 6.07) is 7.19. The number of allylic oxidation sites excluding steroid dienone is 2. The van der Waals surface area contributed by atoms with Gasteiger partial charge < -0.3 is 15.0 Å². The lowest BCUT2D eigenvalue weighted by molar-refractivity contribution is -0.116. The van der Waals surface area contributed by atoms with Gasteiger partial charge in [-0.3, -0.25) is 4.79 Å². The van der Waals surface area contributed by atoms with Crippen LogP contribution in [0, 0.1) is 0 Å². The molecule has 5 heteroatoms. The van der Waals surface area contributed by atoms with Crippen molar-refractivity contribution < 1.29 is 9.53 Å². The number of carbonyl (C=O) groups is 1. The number of aliphatic imine (C=N–C) groups is 1. The number of rotatable bonds is 4. The number of nitrogens with one attached hydrogen (secondary N) is 1. The van der Waals surface area contributed by atoms with Crippen molar-refractivity contribution in [3.05, 3.63) is 48.8 Å². The fraction of sp³-hybridized carbons (Fsp3) is 0.143. The number of carbonyl (C=O) groups excluding carboxylic acids is 1. The summed E-state index contributed by atoms with van der Waals surface area (Å²) in [6.07, 6.45) is 8.69. The Labute approximate surface area is 111 Å². The number of ether oxygens (including phenoxy) is 1. The van der Waals surface area contributed by atoms with E-state index in [9.17, 15) is 4.79 Å². The van der Waals surface area contributed by atoms with Crippen LogP contribution in [-0.2, 0) is 4.79 Å². The molecule has 1 aliphatic heterocycles. The Hall–Kier alpha value is -2.56. The van der Waals surface area contributed by atoms with Crippen LogP contribution in [0.25, 0.3) is 0 Å². The second-order valence-electron chi connectivity index (χ2n) is 3.90. The van der Waals surface area contributed by atoms with Gasteiger partial charge >= 0.3 is 0 Å². The lowest BCUT2D eigenvalue weighted by Crippen LogP contribution is -2.28. The van der Waals surface area contributed by atoms with Gasteiger partial charge in [0.1, 0.15) is 12.3 Å².